The number of halogens is 1. The Morgan fingerprint density at radius 3 is 2.93 bits per heavy atom. The Morgan fingerprint density at radius 1 is 1.53 bits per heavy atom. The van der Waals surface area contributed by atoms with Crippen LogP contribution in [0.2, 0.25) is 5.02 Å². The Morgan fingerprint density at radius 2 is 2.27 bits per heavy atom. The zero-order chi connectivity index (χ0) is 10.8. The molecule has 0 spiro atoms. The maximum absolute atomic E-state index is 6.05. The van der Waals surface area contributed by atoms with Gasteiger partial charge in [-0.2, -0.15) is 0 Å². The summed E-state index contributed by atoms with van der Waals surface area (Å²) in [6.45, 7) is 1.91. The SMILES string of the molecule is CN(Cc1nc(N)ccc1Cl)CC1CC1. The molecule has 1 fully saturated rings. The maximum atomic E-state index is 6.05. The summed E-state index contributed by atoms with van der Waals surface area (Å²) in [6.07, 6.45) is 2.73. The van der Waals surface area contributed by atoms with Crippen molar-refractivity contribution in [3.05, 3.63) is 22.8 Å². The van der Waals surface area contributed by atoms with Crippen molar-refractivity contribution < 1.29 is 0 Å². The highest BCUT2D eigenvalue weighted by atomic mass is 35.5. The van der Waals surface area contributed by atoms with Crippen LogP contribution < -0.4 is 5.73 Å². The Balaban J connectivity index is 1.98. The number of pyridine rings is 1. The van der Waals surface area contributed by atoms with E-state index in [9.17, 15) is 0 Å². The lowest BCUT2D eigenvalue weighted by Crippen LogP contribution is -2.21. The molecular formula is C11H16ClN3. The van der Waals surface area contributed by atoms with Gasteiger partial charge in [-0.3, -0.25) is 0 Å². The van der Waals surface area contributed by atoms with Crippen molar-refractivity contribution in [2.24, 2.45) is 5.92 Å². The summed E-state index contributed by atoms with van der Waals surface area (Å²) >= 11 is 6.05. The van der Waals surface area contributed by atoms with E-state index in [1.54, 1.807) is 6.07 Å². The van der Waals surface area contributed by atoms with Crippen LogP contribution in [0, 0.1) is 5.92 Å². The molecule has 2 rings (SSSR count). The molecule has 0 unspecified atom stereocenters. The van der Waals surface area contributed by atoms with E-state index in [1.807, 2.05) is 6.07 Å². The third-order valence-electron chi connectivity index (χ3n) is 2.63. The molecule has 2 N–H and O–H groups in total. The maximum Gasteiger partial charge on any atom is 0.123 e. The van der Waals surface area contributed by atoms with Crippen LogP contribution in [-0.4, -0.2) is 23.5 Å². The Labute approximate surface area is 95.2 Å². The van der Waals surface area contributed by atoms with Crippen LogP contribution in [-0.2, 0) is 6.54 Å². The number of nitrogens with two attached hydrogens (primary N) is 1. The van der Waals surface area contributed by atoms with Gasteiger partial charge >= 0.3 is 0 Å². The molecule has 1 aliphatic rings. The number of nitrogens with zero attached hydrogens (tertiary/aromatic N) is 2. The van der Waals surface area contributed by atoms with Crippen LogP contribution in [0.3, 0.4) is 0 Å². The third kappa shape index (κ3) is 3.08. The lowest BCUT2D eigenvalue weighted by atomic mass is 10.3. The van der Waals surface area contributed by atoms with Crippen LogP contribution in [0.5, 0.6) is 0 Å². The average molecular weight is 226 g/mol. The number of hydrogen-bond acceptors (Lipinski definition) is 3. The van der Waals surface area contributed by atoms with Gasteiger partial charge in [-0.25, -0.2) is 4.98 Å². The van der Waals surface area contributed by atoms with Gasteiger partial charge < -0.3 is 10.6 Å². The van der Waals surface area contributed by atoms with Gasteiger partial charge in [0, 0.05) is 13.1 Å². The summed E-state index contributed by atoms with van der Waals surface area (Å²) < 4.78 is 0. The van der Waals surface area contributed by atoms with E-state index in [0.717, 1.165) is 24.7 Å². The van der Waals surface area contributed by atoms with E-state index >= 15 is 0 Å². The van der Waals surface area contributed by atoms with Gasteiger partial charge in [0.25, 0.3) is 0 Å². The zero-order valence-electron chi connectivity index (χ0n) is 8.91. The molecule has 1 heterocycles. The van der Waals surface area contributed by atoms with Gasteiger partial charge in [-0.05, 0) is 37.9 Å². The lowest BCUT2D eigenvalue weighted by Gasteiger charge is -2.16. The standard InChI is InChI=1S/C11H16ClN3/c1-15(6-8-2-3-8)7-10-9(12)4-5-11(13)14-10/h4-5,8H,2-3,6-7H2,1H3,(H2,13,14). The minimum absolute atomic E-state index is 0.536. The molecule has 0 aromatic carbocycles. The molecule has 1 saturated carbocycles. The number of anilines is 1. The second-order valence-corrected chi connectivity index (χ2v) is 4.71. The van der Waals surface area contributed by atoms with Crippen molar-refractivity contribution in [2.45, 2.75) is 19.4 Å². The van der Waals surface area contributed by atoms with Crippen LogP contribution in [0.1, 0.15) is 18.5 Å². The Kier molecular flexibility index (Phi) is 3.12. The highest BCUT2D eigenvalue weighted by Crippen LogP contribution is 2.29. The van der Waals surface area contributed by atoms with E-state index in [1.165, 1.54) is 12.8 Å². The average Bonchev–Trinajstić information content (AvgIpc) is 2.95. The fourth-order valence-electron chi connectivity index (χ4n) is 1.67. The summed E-state index contributed by atoms with van der Waals surface area (Å²) in [6, 6.07) is 3.54. The molecule has 0 atom stereocenters. The van der Waals surface area contributed by atoms with Crippen molar-refractivity contribution in [3.63, 3.8) is 0 Å². The number of nitrogen functional groups attached to an aromatic ring is 1. The fourth-order valence-corrected chi connectivity index (χ4v) is 1.84. The summed E-state index contributed by atoms with van der Waals surface area (Å²) in [4.78, 5) is 6.50. The van der Waals surface area contributed by atoms with Crippen molar-refractivity contribution in [1.82, 2.24) is 9.88 Å². The molecule has 0 bridgehead atoms. The highest BCUT2D eigenvalue weighted by Gasteiger charge is 2.23. The number of aromatic nitrogens is 1. The molecule has 15 heavy (non-hydrogen) atoms. The van der Waals surface area contributed by atoms with Crippen molar-refractivity contribution in [1.29, 1.82) is 0 Å². The van der Waals surface area contributed by atoms with Crippen LogP contribution >= 0.6 is 11.6 Å². The van der Waals surface area contributed by atoms with Crippen LogP contribution in [0.25, 0.3) is 0 Å². The van der Waals surface area contributed by atoms with Crippen LogP contribution in [0.4, 0.5) is 5.82 Å². The minimum atomic E-state index is 0.536. The Bertz CT molecular complexity index is 350. The van der Waals surface area contributed by atoms with E-state index in [2.05, 4.69) is 16.9 Å². The molecular weight excluding hydrogens is 210 g/mol. The molecule has 1 aromatic rings. The monoisotopic (exact) mass is 225 g/mol. The van der Waals surface area contributed by atoms with Gasteiger partial charge in [0.05, 0.1) is 10.7 Å². The van der Waals surface area contributed by atoms with Gasteiger partial charge in [0.15, 0.2) is 0 Å². The van der Waals surface area contributed by atoms with E-state index in [0.29, 0.717) is 10.8 Å². The van der Waals surface area contributed by atoms with Gasteiger partial charge in [-0.1, -0.05) is 11.6 Å². The number of rotatable bonds is 4. The summed E-state index contributed by atoms with van der Waals surface area (Å²) in [5.41, 5.74) is 6.50. The van der Waals surface area contributed by atoms with Gasteiger partial charge in [0.2, 0.25) is 0 Å². The lowest BCUT2D eigenvalue weighted by molar-refractivity contribution is 0.309. The smallest absolute Gasteiger partial charge is 0.123 e. The molecule has 3 nitrogen and oxygen atoms in total. The van der Waals surface area contributed by atoms with E-state index < -0.39 is 0 Å². The minimum Gasteiger partial charge on any atom is -0.384 e. The topological polar surface area (TPSA) is 42.2 Å². The quantitative estimate of drug-likeness (QED) is 0.854. The molecule has 82 valence electrons. The molecule has 0 radical (unpaired) electrons. The molecule has 0 amide bonds. The van der Waals surface area contributed by atoms with Crippen molar-refractivity contribution >= 4 is 17.4 Å². The van der Waals surface area contributed by atoms with Crippen molar-refractivity contribution in [3.8, 4) is 0 Å². The van der Waals surface area contributed by atoms with Gasteiger partial charge in [-0.15, -0.1) is 0 Å². The molecule has 4 heteroatoms. The second kappa shape index (κ2) is 4.37. The fraction of sp³-hybridized carbons (Fsp3) is 0.545. The first-order valence-electron chi connectivity index (χ1n) is 5.24. The predicted octanol–water partition coefficient (Wildman–Crippen LogP) is 2.16. The summed E-state index contributed by atoms with van der Waals surface area (Å²) in [5.74, 6) is 1.42. The Hall–Kier alpha value is -0.800. The predicted molar refractivity (Wildman–Crippen MR) is 62.7 cm³/mol. The largest absolute Gasteiger partial charge is 0.384 e. The highest BCUT2D eigenvalue weighted by molar-refractivity contribution is 6.31. The molecule has 1 aromatic heterocycles. The first kappa shape index (κ1) is 10.7. The zero-order valence-corrected chi connectivity index (χ0v) is 9.67. The molecule has 0 saturated heterocycles. The van der Waals surface area contributed by atoms with E-state index in [-0.39, 0.29) is 0 Å². The third-order valence-corrected chi connectivity index (χ3v) is 2.97. The van der Waals surface area contributed by atoms with Crippen molar-refractivity contribution in [2.75, 3.05) is 19.3 Å². The van der Waals surface area contributed by atoms with Crippen LogP contribution in [0.15, 0.2) is 12.1 Å². The van der Waals surface area contributed by atoms with Gasteiger partial charge in [0.1, 0.15) is 5.82 Å². The number of hydrogen-bond donors (Lipinski definition) is 1. The molecule has 1 aliphatic carbocycles. The normalized spacial score (nSPS) is 15.9. The van der Waals surface area contributed by atoms with E-state index in [4.69, 9.17) is 17.3 Å². The molecule has 0 aliphatic heterocycles. The summed E-state index contributed by atoms with van der Waals surface area (Å²) in [7, 11) is 2.10. The first-order valence-corrected chi connectivity index (χ1v) is 5.62. The first-order chi connectivity index (χ1) is 7.15. The summed E-state index contributed by atoms with van der Waals surface area (Å²) in [5, 5.41) is 0.701. The second-order valence-electron chi connectivity index (χ2n) is 4.30.